The molecule has 14 heavy (non-hydrogen) atoms. The number of nitrogens with zero attached hydrogens (tertiary/aromatic N) is 2. The standard InChI is InChI=1S/C9H14N4O/c1-7(5-10)9(14)11-6-8-3-2-4-12-13-8/h2-4,7H,5-6,10H2,1H3,(H,11,14). The second kappa shape index (κ2) is 5.29. The fraction of sp³-hybridized carbons (Fsp3) is 0.444. The summed E-state index contributed by atoms with van der Waals surface area (Å²) in [5, 5.41) is 10.3. The van der Waals surface area contributed by atoms with Gasteiger partial charge in [-0.05, 0) is 12.1 Å². The first kappa shape index (κ1) is 10.6. The van der Waals surface area contributed by atoms with Gasteiger partial charge in [0.05, 0.1) is 12.2 Å². The molecule has 5 heteroatoms. The van der Waals surface area contributed by atoms with Gasteiger partial charge in [-0.3, -0.25) is 4.79 Å². The van der Waals surface area contributed by atoms with E-state index in [1.165, 1.54) is 0 Å². The number of nitrogens with one attached hydrogen (secondary N) is 1. The van der Waals surface area contributed by atoms with Crippen molar-refractivity contribution < 1.29 is 4.79 Å². The van der Waals surface area contributed by atoms with Gasteiger partial charge in [0.25, 0.3) is 0 Å². The van der Waals surface area contributed by atoms with E-state index in [-0.39, 0.29) is 11.8 Å². The first-order valence-electron chi connectivity index (χ1n) is 4.48. The minimum absolute atomic E-state index is 0.0573. The average Bonchev–Trinajstić information content (AvgIpc) is 2.26. The monoisotopic (exact) mass is 194 g/mol. The lowest BCUT2D eigenvalue weighted by molar-refractivity contribution is -0.124. The molecular formula is C9H14N4O. The van der Waals surface area contributed by atoms with Crippen LogP contribution in [0.25, 0.3) is 0 Å². The van der Waals surface area contributed by atoms with Gasteiger partial charge in [-0.15, -0.1) is 0 Å². The van der Waals surface area contributed by atoms with Crippen molar-refractivity contribution in [3.8, 4) is 0 Å². The summed E-state index contributed by atoms with van der Waals surface area (Å²) in [6.45, 7) is 2.54. The van der Waals surface area contributed by atoms with E-state index in [9.17, 15) is 4.79 Å². The molecule has 1 aromatic rings. The van der Waals surface area contributed by atoms with E-state index in [4.69, 9.17) is 5.73 Å². The topological polar surface area (TPSA) is 80.9 Å². The lowest BCUT2D eigenvalue weighted by Gasteiger charge is -2.08. The molecule has 0 aliphatic heterocycles. The largest absolute Gasteiger partial charge is 0.350 e. The molecule has 1 heterocycles. The van der Waals surface area contributed by atoms with E-state index in [0.717, 1.165) is 5.69 Å². The van der Waals surface area contributed by atoms with Gasteiger partial charge >= 0.3 is 0 Å². The lowest BCUT2D eigenvalue weighted by Crippen LogP contribution is -2.33. The van der Waals surface area contributed by atoms with E-state index in [2.05, 4.69) is 15.5 Å². The minimum Gasteiger partial charge on any atom is -0.350 e. The van der Waals surface area contributed by atoms with Crippen LogP contribution in [-0.2, 0) is 11.3 Å². The lowest BCUT2D eigenvalue weighted by atomic mass is 10.2. The smallest absolute Gasteiger partial charge is 0.224 e. The van der Waals surface area contributed by atoms with Crippen molar-refractivity contribution in [1.29, 1.82) is 0 Å². The molecule has 0 bridgehead atoms. The van der Waals surface area contributed by atoms with Crippen molar-refractivity contribution in [2.45, 2.75) is 13.5 Å². The predicted octanol–water partition coefficient (Wildman–Crippen LogP) is -0.312. The molecular weight excluding hydrogens is 180 g/mol. The van der Waals surface area contributed by atoms with Crippen molar-refractivity contribution in [1.82, 2.24) is 15.5 Å². The molecule has 1 amide bonds. The van der Waals surface area contributed by atoms with Crippen LogP contribution in [0.1, 0.15) is 12.6 Å². The zero-order valence-corrected chi connectivity index (χ0v) is 8.10. The Hall–Kier alpha value is -1.49. The van der Waals surface area contributed by atoms with Gasteiger partial charge in [-0.25, -0.2) is 0 Å². The molecule has 1 unspecified atom stereocenters. The van der Waals surface area contributed by atoms with Crippen LogP contribution in [0.5, 0.6) is 0 Å². The number of rotatable bonds is 4. The molecule has 76 valence electrons. The molecule has 3 N–H and O–H groups in total. The predicted molar refractivity (Wildman–Crippen MR) is 52.1 cm³/mol. The minimum atomic E-state index is -0.160. The third-order valence-corrected chi connectivity index (χ3v) is 1.87. The van der Waals surface area contributed by atoms with Gasteiger partial charge in [-0.1, -0.05) is 6.92 Å². The third kappa shape index (κ3) is 3.10. The summed E-state index contributed by atoms with van der Waals surface area (Å²) >= 11 is 0. The van der Waals surface area contributed by atoms with E-state index < -0.39 is 0 Å². The Kier molecular flexibility index (Phi) is 4.00. The Bertz CT molecular complexity index is 288. The highest BCUT2D eigenvalue weighted by atomic mass is 16.1. The van der Waals surface area contributed by atoms with Crippen LogP contribution < -0.4 is 11.1 Å². The fourth-order valence-electron chi connectivity index (χ4n) is 0.887. The molecule has 1 aromatic heterocycles. The summed E-state index contributed by atoms with van der Waals surface area (Å²) in [5.41, 5.74) is 6.09. The van der Waals surface area contributed by atoms with E-state index in [1.54, 1.807) is 25.3 Å². The summed E-state index contributed by atoms with van der Waals surface area (Å²) < 4.78 is 0. The zero-order valence-electron chi connectivity index (χ0n) is 8.10. The molecule has 0 fully saturated rings. The maximum absolute atomic E-state index is 11.3. The average molecular weight is 194 g/mol. The second-order valence-electron chi connectivity index (χ2n) is 3.07. The van der Waals surface area contributed by atoms with Gasteiger partial charge < -0.3 is 11.1 Å². The molecule has 0 saturated carbocycles. The number of hydrogen-bond acceptors (Lipinski definition) is 4. The van der Waals surface area contributed by atoms with Crippen LogP contribution in [0.2, 0.25) is 0 Å². The first-order valence-corrected chi connectivity index (χ1v) is 4.48. The van der Waals surface area contributed by atoms with Crippen molar-refractivity contribution >= 4 is 5.91 Å². The van der Waals surface area contributed by atoms with Gasteiger partial charge in [0.2, 0.25) is 5.91 Å². The van der Waals surface area contributed by atoms with Crippen LogP contribution in [-0.4, -0.2) is 22.6 Å². The van der Waals surface area contributed by atoms with Crippen LogP contribution in [0.4, 0.5) is 0 Å². The number of aromatic nitrogens is 2. The maximum atomic E-state index is 11.3. The second-order valence-corrected chi connectivity index (χ2v) is 3.07. The van der Waals surface area contributed by atoms with E-state index in [1.807, 2.05) is 0 Å². The Balaban J connectivity index is 2.38. The summed E-state index contributed by atoms with van der Waals surface area (Å²) in [5.74, 6) is -0.218. The molecule has 1 rings (SSSR count). The molecule has 0 aliphatic rings. The van der Waals surface area contributed by atoms with E-state index >= 15 is 0 Å². The first-order chi connectivity index (χ1) is 6.74. The number of carbonyl (C=O) groups is 1. The van der Waals surface area contributed by atoms with Crippen molar-refractivity contribution in [2.75, 3.05) is 6.54 Å². The Morgan fingerprint density at radius 2 is 2.50 bits per heavy atom. The van der Waals surface area contributed by atoms with Crippen LogP contribution in [0.3, 0.4) is 0 Å². The van der Waals surface area contributed by atoms with Gasteiger partial charge in [-0.2, -0.15) is 10.2 Å². The summed E-state index contributed by atoms with van der Waals surface area (Å²) in [4.78, 5) is 11.3. The molecule has 5 nitrogen and oxygen atoms in total. The molecule has 1 atom stereocenters. The molecule has 0 radical (unpaired) electrons. The Morgan fingerprint density at radius 1 is 1.71 bits per heavy atom. The molecule has 0 saturated heterocycles. The highest BCUT2D eigenvalue weighted by molar-refractivity contribution is 5.78. The highest BCUT2D eigenvalue weighted by Gasteiger charge is 2.09. The van der Waals surface area contributed by atoms with Gasteiger partial charge in [0, 0.05) is 18.7 Å². The molecule has 0 spiro atoms. The maximum Gasteiger partial charge on any atom is 0.224 e. The molecule has 0 aliphatic carbocycles. The summed E-state index contributed by atoms with van der Waals surface area (Å²) in [7, 11) is 0. The van der Waals surface area contributed by atoms with Crippen LogP contribution in [0, 0.1) is 5.92 Å². The number of hydrogen-bond donors (Lipinski definition) is 2. The van der Waals surface area contributed by atoms with Crippen molar-refractivity contribution in [3.63, 3.8) is 0 Å². The highest BCUT2D eigenvalue weighted by Crippen LogP contribution is 1.94. The molecule has 0 aromatic carbocycles. The summed E-state index contributed by atoms with van der Waals surface area (Å²) in [6, 6.07) is 3.58. The fourth-order valence-corrected chi connectivity index (χ4v) is 0.887. The number of carbonyl (C=O) groups excluding carboxylic acids is 1. The summed E-state index contributed by atoms with van der Waals surface area (Å²) in [6.07, 6.45) is 1.59. The normalized spacial score (nSPS) is 12.1. The van der Waals surface area contributed by atoms with Crippen LogP contribution >= 0.6 is 0 Å². The third-order valence-electron chi connectivity index (χ3n) is 1.87. The quantitative estimate of drug-likeness (QED) is 0.688. The SMILES string of the molecule is CC(CN)C(=O)NCc1cccnn1. The van der Waals surface area contributed by atoms with Crippen LogP contribution in [0.15, 0.2) is 18.3 Å². The van der Waals surface area contributed by atoms with Gasteiger partial charge in [0.15, 0.2) is 0 Å². The number of amides is 1. The van der Waals surface area contributed by atoms with Crippen molar-refractivity contribution in [3.05, 3.63) is 24.0 Å². The van der Waals surface area contributed by atoms with E-state index in [0.29, 0.717) is 13.1 Å². The van der Waals surface area contributed by atoms with Gasteiger partial charge in [0.1, 0.15) is 0 Å². The Morgan fingerprint density at radius 3 is 3.07 bits per heavy atom. The van der Waals surface area contributed by atoms with Crippen molar-refractivity contribution in [2.24, 2.45) is 11.7 Å². The zero-order chi connectivity index (χ0) is 10.4. The number of nitrogens with two attached hydrogens (primary N) is 1. The Labute approximate surface area is 82.7 Å².